The Morgan fingerprint density at radius 1 is 1.18 bits per heavy atom. The summed E-state index contributed by atoms with van der Waals surface area (Å²) in [6, 6.07) is 10.2. The number of benzene rings is 1. The summed E-state index contributed by atoms with van der Waals surface area (Å²) in [5.41, 5.74) is 3.92. The Labute approximate surface area is 132 Å². The van der Waals surface area contributed by atoms with Crippen molar-refractivity contribution in [1.29, 1.82) is 0 Å². The first kappa shape index (κ1) is 16.4. The van der Waals surface area contributed by atoms with Crippen LogP contribution in [0.25, 0.3) is 11.3 Å². The van der Waals surface area contributed by atoms with Crippen molar-refractivity contribution < 1.29 is 0 Å². The van der Waals surface area contributed by atoms with Crippen LogP contribution in [0.15, 0.2) is 35.1 Å². The average molecular weight is 299 g/mol. The molecular formula is C18H25N3O. The normalized spacial score (nSPS) is 11.4. The molecule has 0 amide bonds. The predicted molar refractivity (Wildman–Crippen MR) is 90.9 cm³/mol. The van der Waals surface area contributed by atoms with Gasteiger partial charge in [0.25, 0.3) is 5.56 Å². The van der Waals surface area contributed by atoms with Crippen LogP contribution in [0.5, 0.6) is 0 Å². The second-order valence-corrected chi connectivity index (χ2v) is 6.54. The van der Waals surface area contributed by atoms with E-state index < -0.39 is 0 Å². The Kier molecular flexibility index (Phi) is 5.14. The molecule has 22 heavy (non-hydrogen) atoms. The van der Waals surface area contributed by atoms with E-state index in [4.69, 9.17) is 0 Å². The van der Waals surface area contributed by atoms with Gasteiger partial charge >= 0.3 is 0 Å². The van der Waals surface area contributed by atoms with Crippen LogP contribution in [0, 0.1) is 12.8 Å². The minimum Gasteiger partial charge on any atom is -0.305 e. The molecule has 0 aliphatic rings. The second kappa shape index (κ2) is 6.88. The Morgan fingerprint density at radius 2 is 1.82 bits per heavy atom. The highest BCUT2D eigenvalue weighted by molar-refractivity contribution is 5.59. The van der Waals surface area contributed by atoms with Crippen LogP contribution in [0.4, 0.5) is 0 Å². The van der Waals surface area contributed by atoms with E-state index in [2.05, 4.69) is 50.1 Å². The fourth-order valence-corrected chi connectivity index (χ4v) is 2.39. The number of rotatable bonds is 5. The minimum absolute atomic E-state index is 0.0123. The van der Waals surface area contributed by atoms with Gasteiger partial charge in [0.15, 0.2) is 0 Å². The summed E-state index contributed by atoms with van der Waals surface area (Å²) in [4.78, 5) is 14.6. The van der Waals surface area contributed by atoms with Crippen LogP contribution in [0.1, 0.15) is 25.0 Å². The van der Waals surface area contributed by atoms with E-state index in [-0.39, 0.29) is 5.56 Å². The molecule has 1 aromatic heterocycles. The van der Waals surface area contributed by atoms with E-state index >= 15 is 0 Å². The molecule has 4 nitrogen and oxygen atoms in total. The summed E-state index contributed by atoms with van der Waals surface area (Å²) in [6.07, 6.45) is 0. The van der Waals surface area contributed by atoms with E-state index in [9.17, 15) is 4.79 Å². The Balaban J connectivity index is 2.53. The number of aromatic nitrogens is 2. The third-order valence-electron chi connectivity index (χ3n) is 3.42. The van der Waals surface area contributed by atoms with Crippen LogP contribution in [-0.4, -0.2) is 28.8 Å². The lowest BCUT2D eigenvalue weighted by Crippen LogP contribution is -2.30. The first-order chi connectivity index (χ1) is 10.4. The van der Waals surface area contributed by atoms with Crippen LogP contribution >= 0.6 is 0 Å². The highest BCUT2D eigenvalue weighted by Crippen LogP contribution is 2.18. The SMILES string of the molecule is Cc1ccc(-c2cc(CN(C)C)c(=O)n(CC(C)C)n2)cc1. The van der Waals surface area contributed by atoms with Crippen LogP contribution in [-0.2, 0) is 13.1 Å². The fourth-order valence-electron chi connectivity index (χ4n) is 2.39. The maximum atomic E-state index is 12.6. The Bertz CT molecular complexity index is 650. The zero-order valence-corrected chi connectivity index (χ0v) is 14.1. The average Bonchev–Trinajstić information content (AvgIpc) is 2.43. The molecule has 0 fully saturated rings. The lowest BCUT2D eigenvalue weighted by molar-refractivity contribution is 0.392. The molecule has 4 heteroatoms. The smallest absolute Gasteiger partial charge is 0.271 e. The third kappa shape index (κ3) is 4.04. The van der Waals surface area contributed by atoms with Gasteiger partial charge in [0, 0.05) is 24.2 Å². The largest absolute Gasteiger partial charge is 0.305 e. The minimum atomic E-state index is 0.0123. The fraction of sp³-hybridized carbons (Fsp3) is 0.444. The number of aryl methyl sites for hydroxylation is 1. The van der Waals surface area contributed by atoms with Crippen LogP contribution in [0.2, 0.25) is 0 Å². The van der Waals surface area contributed by atoms with Gasteiger partial charge in [0.1, 0.15) is 0 Å². The Hall–Kier alpha value is -1.94. The van der Waals surface area contributed by atoms with Gasteiger partial charge in [-0.1, -0.05) is 43.7 Å². The van der Waals surface area contributed by atoms with Gasteiger partial charge in [-0.25, -0.2) is 4.68 Å². The summed E-state index contributed by atoms with van der Waals surface area (Å²) >= 11 is 0. The predicted octanol–water partition coefficient (Wildman–Crippen LogP) is 2.94. The quantitative estimate of drug-likeness (QED) is 0.852. The molecule has 0 saturated heterocycles. The molecule has 0 bridgehead atoms. The monoisotopic (exact) mass is 299 g/mol. The molecule has 0 N–H and O–H groups in total. The topological polar surface area (TPSA) is 38.1 Å². The van der Waals surface area contributed by atoms with Crippen molar-refractivity contribution in [1.82, 2.24) is 14.7 Å². The van der Waals surface area contributed by atoms with Gasteiger partial charge in [0.2, 0.25) is 0 Å². The summed E-state index contributed by atoms with van der Waals surface area (Å²) < 4.78 is 1.61. The van der Waals surface area contributed by atoms with Crippen LogP contribution in [0.3, 0.4) is 0 Å². The molecule has 1 heterocycles. The summed E-state index contributed by atoms with van der Waals surface area (Å²) in [7, 11) is 3.94. The van der Waals surface area contributed by atoms with Crippen molar-refractivity contribution in [2.24, 2.45) is 5.92 Å². The second-order valence-electron chi connectivity index (χ2n) is 6.54. The molecule has 118 valence electrons. The zero-order valence-electron chi connectivity index (χ0n) is 14.1. The first-order valence-electron chi connectivity index (χ1n) is 7.69. The molecule has 0 atom stereocenters. The summed E-state index contributed by atoms with van der Waals surface area (Å²) in [5, 5.41) is 4.57. The van der Waals surface area contributed by atoms with Gasteiger partial charge < -0.3 is 4.90 Å². The highest BCUT2D eigenvalue weighted by Gasteiger charge is 2.11. The standard InChI is InChI=1S/C18H25N3O/c1-13(2)11-21-18(22)16(12-20(4)5)10-17(19-21)15-8-6-14(3)7-9-15/h6-10,13H,11-12H2,1-5H3. The molecular weight excluding hydrogens is 274 g/mol. The van der Waals surface area contributed by atoms with E-state index in [1.807, 2.05) is 25.1 Å². The molecule has 1 aromatic carbocycles. The first-order valence-corrected chi connectivity index (χ1v) is 7.69. The van der Waals surface area contributed by atoms with Gasteiger partial charge in [-0.2, -0.15) is 5.10 Å². The zero-order chi connectivity index (χ0) is 16.3. The van der Waals surface area contributed by atoms with Gasteiger partial charge in [0.05, 0.1) is 5.69 Å². The molecule has 2 rings (SSSR count). The van der Waals surface area contributed by atoms with Crippen molar-refractivity contribution in [2.75, 3.05) is 14.1 Å². The van der Waals surface area contributed by atoms with Crippen molar-refractivity contribution >= 4 is 0 Å². The molecule has 0 aliphatic heterocycles. The molecule has 0 aliphatic carbocycles. The number of nitrogens with zero attached hydrogens (tertiary/aromatic N) is 3. The summed E-state index contributed by atoms with van der Waals surface area (Å²) in [5.74, 6) is 0.380. The third-order valence-corrected chi connectivity index (χ3v) is 3.42. The molecule has 2 aromatic rings. The lowest BCUT2D eigenvalue weighted by atomic mass is 10.1. The van der Waals surface area contributed by atoms with Gasteiger partial charge in [-0.05, 0) is 33.0 Å². The Morgan fingerprint density at radius 3 is 2.36 bits per heavy atom. The highest BCUT2D eigenvalue weighted by atomic mass is 16.1. The number of hydrogen-bond acceptors (Lipinski definition) is 3. The maximum absolute atomic E-state index is 12.6. The van der Waals surface area contributed by atoms with Crippen molar-refractivity contribution in [3.63, 3.8) is 0 Å². The number of hydrogen-bond donors (Lipinski definition) is 0. The molecule has 0 saturated carbocycles. The van der Waals surface area contributed by atoms with Crippen LogP contribution < -0.4 is 5.56 Å². The van der Waals surface area contributed by atoms with Gasteiger partial charge in [-0.15, -0.1) is 0 Å². The lowest BCUT2D eigenvalue weighted by Gasteiger charge is -2.15. The van der Waals surface area contributed by atoms with Crippen molar-refractivity contribution in [2.45, 2.75) is 33.9 Å². The van der Waals surface area contributed by atoms with E-state index in [1.165, 1.54) is 5.56 Å². The van der Waals surface area contributed by atoms with E-state index in [0.29, 0.717) is 19.0 Å². The van der Waals surface area contributed by atoms with Crippen molar-refractivity contribution in [3.8, 4) is 11.3 Å². The molecule has 0 spiro atoms. The van der Waals surface area contributed by atoms with E-state index in [1.54, 1.807) is 4.68 Å². The maximum Gasteiger partial charge on any atom is 0.271 e. The summed E-state index contributed by atoms with van der Waals surface area (Å²) in [6.45, 7) is 7.52. The molecule has 0 radical (unpaired) electrons. The van der Waals surface area contributed by atoms with Gasteiger partial charge in [-0.3, -0.25) is 4.79 Å². The van der Waals surface area contributed by atoms with Crippen molar-refractivity contribution in [3.05, 3.63) is 51.8 Å². The molecule has 0 unspecified atom stereocenters. The van der Waals surface area contributed by atoms with E-state index in [0.717, 1.165) is 16.8 Å².